The molecule has 0 aromatic heterocycles. The minimum Gasteiger partial charge on any atom is -0.363 e. The molecule has 0 aliphatic carbocycles. The Morgan fingerprint density at radius 1 is 1.40 bits per heavy atom. The van der Waals surface area contributed by atoms with Crippen molar-refractivity contribution in [3.05, 3.63) is 0 Å². The van der Waals surface area contributed by atoms with Crippen LogP contribution >= 0.6 is 17.6 Å². The van der Waals surface area contributed by atoms with E-state index in [0.29, 0.717) is 6.41 Å². The Kier molecular flexibility index (Phi) is 7.54. The van der Waals surface area contributed by atoms with Gasteiger partial charge in [0.25, 0.3) is 0 Å². The summed E-state index contributed by atoms with van der Waals surface area (Å²) in [7, 11) is 3.72. The third-order valence-electron chi connectivity index (χ3n) is 0.706. The van der Waals surface area contributed by atoms with Crippen molar-refractivity contribution in [1.82, 2.24) is 5.32 Å². The second-order valence-electron chi connectivity index (χ2n) is 1.36. The van der Waals surface area contributed by atoms with Crippen molar-refractivity contribution in [2.75, 3.05) is 14.2 Å². The highest BCUT2D eigenvalue weighted by Crippen LogP contribution is 2.31. The van der Waals surface area contributed by atoms with Crippen LogP contribution in [0.25, 0.3) is 0 Å². The first-order valence-electron chi connectivity index (χ1n) is 2.62. The van der Waals surface area contributed by atoms with E-state index in [1.165, 1.54) is 0 Å². The molecule has 0 rings (SSSR count). The quantitative estimate of drug-likeness (QED) is 0.481. The van der Waals surface area contributed by atoms with Crippen molar-refractivity contribution in [1.29, 1.82) is 0 Å². The fourth-order valence-corrected chi connectivity index (χ4v) is 2.04. The lowest BCUT2D eigenvalue weighted by atomic mass is 11.2. The maximum absolute atomic E-state index is 9.95. The lowest BCUT2D eigenvalue weighted by molar-refractivity contribution is -0.109. The van der Waals surface area contributed by atoms with E-state index >= 15 is 0 Å². The number of amides is 1. The predicted octanol–water partition coefficient (Wildman–Crippen LogP) is 0.496. The Balaban J connectivity index is 3.38. The van der Waals surface area contributed by atoms with Gasteiger partial charge in [0.1, 0.15) is 5.52 Å². The molecule has 0 saturated carbocycles. The monoisotopic (exact) mass is 183 g/mol. The van der Waals surface area contributed by atoms with Crippen LogP contribution in [0.5, 0.6) is 0 Å². The molecule has 6 heteroatoms. The van der Waals surface area contributed by atoms with Crippen molar-refractivity contribution in [3.8, 4) is 0 Å². The van der Waals surface area contributed by atoms with E-state index in [4.69, 9.17) is 9.05 Å². The summed E-state index contributed by atoms with van der Waals surface area (Å²) in [6.45, 7) is 0. The van der Waals surface area contributed by atoms with Gasteiger partial charge in [-0.1, -0.05) is 0 Å². The van der Waals surface area contributed by atoms with Crippen LogP contribution in [-0.4, -0.2) is 26.2 Å². The number of carbonyl (C=O) groups excluding carboxylic acids is 1. The minimum atomic E-state index is 0.0208. The molecule has 0 heterocycles. The van der Waals surface area contributed by atoms with Gasteiger partial charge in [0, 0.05) is 31.8 Å². The molecular weight excluding hydrogens is 172 g/mol. The lowest BCUT2D eigenvalue weighted by Crippen LogP contribution is -2.18. The van der Waals surface area contributed by atoms with Gasteiger partial charge in [-0.15, -0.1) is 0 Å². The average Bonchev–Trinajstić information content (AvgIpc) is 1.90. The van der Waals surface area contributed by atoms with Gasteiger partial charge in [0.05, 0.1) is 0 Å². The van der Waals surface area contributed by atoms with E-state index in [0.717, 1.165) is 0 Å². The van der Waals surface area contributed by atoms with Crippen molar-refractivity contribution in [2.45, 2.75) is 5.52 Å². The van der Waals surface area contributed by atoms with E-state index in [9.17, 15) is 4.79 Å². The highest BCUT2D eigenvalue weighted by molar-refractivity contribution is 7.52. The molecule has 60 valence electrons. The summed E-state index contributed by atoms with van der Waals surface area (Å²) in [5.41, 5.74) is 0.0208. The standard InChI is InChI=1S/C4H11NO3P2/c1-7-9-4(5-3-6)10-8-2/h3-4,9-10H,1-2H3,(H,5,6). The van der Waals surface area contributed by atoms with E-state index in [-0.39, 0.29) is 23.1 Å². The Morgan fingerprint density at radius 3 is 2.20 bits per heavy atom. The summed E-state index contributed by atoms with van der Waals surface area (Å²) in [5, 5.41) is 2.58. The molecule has 0 aromatic carbocycles. The first-order chi connectivity index (χ1) is 4.85. The average molecular weight is 183 g/mol. The summed E-state index contributed by atoms with van der Waals surface area (Å²) in [6.07, 6.45) is 0.655. The first-order valence-corrected chi connectivity index (χ1v) is 4.59. The van der Waals surface area contributed by atoms with Gasteiger partial charge in [-0.05, 0) is 0 Å². The van der Waals surface area contributed by atoms with Crippen LogP contribution in [0.4, 0.5) is 0 Å². The fraction of sp³-hybridized carbons (Fsp3) is 0.750. The van der Waals surface area contributed by atoms with Gasteiger partial charge in [-0.25, -0.2) is 0 Å². The number of rotatable bonds is 6. The van der Waals surface area contributed by atoms with Crippen LogP contribution in [0.3, 0.4) is 0 Å². The zero-order valence-electron chi connectivity index (χ0n) is 5.88. The van der Waals surface area contributed by atoms with Gasteiger partial charge < -0.3 is 14.4 Å². The van der Waals surface area contributed by atoms with Crippen molar-refractivity contribution >= 4 is 24.0 Å². The molecule has 1 amide bonds. The van der Waals surface area contributed by atoms with Crippen molar-refractivity contribution < 1.29 is 13.8 Å². The Hall–Kier alpha value is 0.250. The second kappa shape index (κ2) is 7.36. The summed E-state index contributed by atoms with van der Waals surface area (Å²) in [5.74, 6) is 0. The fourth-order valence-electron chi connectivity index (χ4n) is 0.396. The SMILES string of the molecule is COPC(NC=O)POC. The zero-order valence-corrected chi connectivity index (χ0v) is 7.88. The number of nitrogens with one attached hydrogen (secondary N) is 1. The molecule has 0 aromatic rings. The normalized spacial score (nSPS) is 15.0. The molecule has 4 nitrogen and oxygen atoms in total. The second-order valence-corrected chi connectivity index (χ2v) is 4.38. The highest BCUT2D eigenvalue weighted by Gasteiger charge is 2.04. The van der Waals surface area contributed by atoms with Crippen molar-refractivity contribution in [2.24, 2.45) is 0 Å². The van der Waals surface area contributed by atoms with Crippen LogP contribution in [-0.2, 0) is 13.8 Å². The third kappa shape index (κ3) is 5.07. The summed E-state index contributed by atoms with van der Waals surface area (Å²) >= 11 is 0. The molecule has 0 fully saturated rings. The Bertz CT molecular complexity index is 86.6. The van der Waals surface area contributed by atoms with Crippen LogP contribution in [0, 0.1) is 0 Å². The van der Waals surface area contributed by atoms with E-state index in [2.05, 4.69) is 5.32 Å². The molecule has 0 bridgehead atoms. The Labute approximate surface area is 63.8 Å². The minimum absolute atomic E-state index is 0.0208. The van der Waals surface area contributed by atoms with E-state index in [1.807, 2.05) is 0 Å². The largest absolute Gasteiger partial charge is 0.363 e. The molecule has 0 aliphatic rings. The molecule has 0 aliphatic heterocycles. The van der Waals surface area contributed by atoms with Gasteiger partial charge in [-0.2, -0.15) is 0 Å². The highest BCUT2D eigenvalue weighted by atomic mass is 31.1. The van der Waals surface area contributed by atoms with E-state index < -0.39 is 0 Å². The first kappa shape index (κ1) is 10.2. The van der Waals surface area contributed by atoms with Crippen LogP contribution in [0.15, 0.2) is 0 Å². The molecule has 0 saturated heterocycles. The van der Waals surface area contributed by atoms with Gasteiger partial charge in [0.15, 0.2) is 0 Å². The zero-order chi connectivity index (χ0) is 7.82. The molecular formula is C4H11NO3P2. The van der Waals surface area contributed by atoms with Crippen LogP contribution < -0.4 is 5.32 Å². The number of hydrogen-bond acceptors (Lipinski definition) is 3. The molecule has 0 radical (unpaired) electrons. The van der Waals surface area contributed by atoms with Crippen LogP contribution in [0.1, 0.15) is 0 Å². The van der Waals surface area contributed by atoms with E-state index in [1.54, 1.807) is 14.2 Å². The lowest BCUT2D eigenvalue weighted by Gasteiger charge is -2.11. The summed E-state index contributed by atoms with van der Waals surface area (Å²) < 4.78 is 9.68. The predicted molar refractivity (Wildman–Crippen MR) is 43.6 cm³/mol. The third-order valence-corrected chi connectivity index (χ3v) is 2.69. The Morgan fingerprint density at radius 2 is 1.90 bits per heavy atom. The molecule has 1 N–H and O–H groups in total. The summed E-state index contributed by atoms with van der Waals surface area (Å²) in [6, 6.07) is 0. The molecule has 2 unspecified atom stereocenters. The summed E-state index contributed by atoms with van der Waals surface area (Å²) in [4.78, 5) is 9.95. The van der Waals surface area contributed by atoms with Gasteiger partial charge >= 0.3 is 0 Å². The van der Waals surface area contributed by atoms with Crippen LogP contribution in [0.2, 0.25) is 0 Å². The van der Waals surface area contributed by atoms with Gasteiger partial charge in [-0.3, -0.25) is 4.79 Å². The number of hydrogen-bond donors (Lipinski definition) is 1. The maximum Gasteiger partial charge on any atom is 0.208 e. The smallest absolute Gasteiger partial charge is 0.208 e. The van der Waals surface area contributed by atoms with Crippen molar-refractivity contribution in [3.63, 3.8) is 0 Å². The molecule has 2 atom stereocenters. The topological polar surface area (TPSA) is 47.6 Å². The number of carbonyl (C=O) groups is 1. The molecule has 10 heavy (non-hydrogen) atoms. The maximum atomic E-state index is 9.95. The van der Waals surface area contributed by atoms with Gasteiger partial charge in [0.2, 0.25) is 6.41 Å². The molecule has 0 spiro atoms.